The number of hydrogen-bond donors (Lipinski definition) is 0. The topological polar surface area (TPSA) is 36.7 Å². The summed E-state index contributed by atoms with van der Waals surface area (Å²) in [5, 5.41) is 9.69. The van der Waals surface area contributed by atoms with E-state index in [1.165, 1.54) is 31.2 Å². The van der Waals surface area contributed by atoms with E-state index in [1.54, 1.807) is 6.20 Å². The largest absolute Gasteiger partial charge is 0.244 e. The first-order chi connectivity index (χ1) is 7.31. The zero-order chi connectivity index (χ0) is 10.7. The van der Waals surface area contributed by atoms with Gasteiger partial charge in [0.15, 0.2) is 5.69 Å². The molecule has 3 heteroatoms. The average Bonchev–Trinajstić information content (AvgIpc) is 2.74. The maximum atomic E-state index is 8.99. The molecule has 0 atom stereocenters. The van der Waals surface area contributed by atoms with Crippen LogP contribution in [0.4, 0.5) is 0 Å². The molecule has 0 spiro atoms. The van der Waals surface area contributed by atoms with Crippen molar-refractivity contribution in [1.82, 2.24) is 4.98 Å². The lowest BCUT2D eigenvalue weighted by Gasteiger charge is -2.11. The highest BCUT2D eigenvalue weighted by Crippen LogP contribution is 2.37. The minimum absolute atomic E-state index is 0.590. The molecule has 0 saturated heterocycles. The Morgan fingerprint density at radius 3 is 2.87 bits per heavy atom. The van der Waals surface area contributed by atoms with Gasteiger partial charge in [0.05, 0.1) is 0 Å². The Balaban J connectivity index is 2.22. The van der Waals surface area contributed by atoms with Gasteiger partial charge in [-0.05, 0) is 31.4 Å². The van der Waals surface area contributed by atoms with E-state index in [1.807, 2.05) is 17.8 Å². The van der Waals surface area contributed by atoms with Gasteiger partial charge in [-0.2, -0.15) is 5.26 Å². The Labute approximate surface area is 94.7 Å². The maximum Gasteiger partial charge on any atom is 0.154 e. The zero-order valence-corrected chi connectivity index (χ0v) is 9.68. The quantitative estimate of drug-likeness (QED) is 0.764. The van der Waals surface area contributed by atoms with Crippen molar-refractivity contribution in [2.24, 2.45) is 0 Å². The van der Waals surface area contributed by atoms with Crippen molar-refractivity contribution in [3.8, 4) is 6.07 Å². The van der Waals surface area contributed by atoms with Crippen molar-refractivity contribution < 1.29 is 0 Å². The molecule has 0 unspecified atom stereocenters. The van der Waals surface area contributed by atoms with Gasteiger partial charge < -0.3 is 0 Å². The number of nitrogens with zero attached hydrogens (tertiary/aromatic N) is 2. The average molecular weight is 218 g/mol. The van der Waals surface area contributed by atoms with Crippen LogP contribution in [0.1, 0.15) is 36.9 Å². The fraction of sp³-hybridized carbons (Fsp3) is 0.500. The van der Waals surface area contributed by atoms with Gasteiger partial charge in [0, 0.05) is 16.3 Å². The van der Waals surface area contributed by atoms with Crippen LogP contribution >= 0.6 is 11.8 Å². The predicted molar refractivity (Wildman–Crippen MR) is 61.8 cm³/mol. The van der Waals surface area contributed by atoms with Gasteiger partial charge in [0.2, 0.25) is 0 Å². The summed E-state index contributed by atoms with van der Waals surface area (Å²) in [6.07, 6.45) is 6.94. The van der Waals surface area contributed by atoms with Crippen molar-refractivity contribution in [1.29, 1.82) is 5.26 Å². The van der Waals surface area contributed by atoms with Gasteiger partial charge >= 0.3 is 0 Å². The predicted octanol–water partition coefficient (Wildman–Crippen LogP) is 3.30. The summed E-state index contributed by atoms with van der Waals surface area (Å²) in [6.45, 7) is 2.06. The van der Waals surface area contributed by atoms with E-state index in [2.05, 4.69) is 18.0 Å². The number of nitriles is 1. The second-order valence-corrected chi connectivity index (χ2v) is 5.25. The summed E-state index contributed by atoms with van der Waals surface area (Å²) in [5.74, 6) is 0. The van der Waals surface area contributed by atoms with E-state index in [-0.39, 0.29) is 0 Å². The molecule has 1 heterocycles. The summed E-state index contributed by atoms with van der Waals surface area (Å²) in [4.78, 5) is 5.21. The Bertz CT molecular complexity index is 389. The Hall–Kier alpha value is -1.01. The van der Waals surface area contributed by atoms with Crippen molar-refractivity contribution in [2.75, 3.05) is 0 Å². The molecular formula is C12H14N2S. The number of rotatable bonds is 2. The minimum Gasteiger partial charge on any atom is -0.244 e. The van der Waals surface area contributed by atoms with Crippen LogP contribution in [0.25, 0.3) is 0 Å². The third-order valence-electron chi connectivity index (χ3n) is 2.79. The SMILES string of the molecule is Cc1ccnc(C#N)c1SC1CCCC1. The van der Waals surface area contributed by atoms with Crippen LogP contribution in [0.15, 0.2) is 17.2 Å². The van der Waals surface area contributed by atoms with Gasteiger partial charge in [-0.15, -0.1) is 11.8 Å². The highest BCUT2D eigenvalue weighted by Gasteiger charge is 2.19. The number of aryl methyl sites for hydroxylation is 1. The molecular weight excluding hydrogens is 204 g/mol. The van der Waals surface area contributed by atoms with Crippen LogP contribution in [0.2, 0.25) is 0 Å². The molecule has 1 fully saturated rings. The molecule has 0 aliphatic heterocycles. The van der Waals surface area contributed by atoms with E-state index >= 15 is 0 Å². The molecule has 2 nitrogen and oxygen atoms in total. The number of thioether (sulfide) groups is 1. The van der Waals surface area contributed by atoms with Crippen molar-refractivity contribution in [3.05, 3.63) is 23.5 Å². The second-order valence-electron chi connectivity index (χ2n) is 3.94. The lowest BCUT2D eigenvalue weighted by molar-refractivity contribution is 0.886. The van der Waals surface area contributed by atoms with Gasteiger partial charge in [-0.3, -0.25) is 0 Å². The molecule has 1 saturated carbocycles. The molecule has 1 aromatic heterocycles. The van der Waals surface area contributed by atoms with Crippen LogP contribution < -0.4 is 0 Å². The maximum absolute atomic E-state index is 8.99. The third kappa shape index (κ3) is 2.32. The van der Waals surface area contributed by atoms with Crippen molar-refractivity contribution in [3.63, 3.8) is 0 Å². The summed E-state index contributed by atoms with van der Waals surface area (Å²) in [7, 11) is 0. The second kappa shape index (κ2) is 4.67. The van der Waals surface area contributed by atoms with Crippen molar-refractivity contribution in [2.45, 2.75) is 42.8 Å². The molecule has 2 rings (SSSR count). The van der Waals surface area contributed by atoms with Gasteiger partial charge in [-0.1, -0.05) is 12.8 Å². The summed E-state index contributed by atoms with van der Waals surface area (Å²) in [6, 6.07) is 4.16. The van der Waals surface area contributed by atoms with E-state index in [0.717, 1.165) is 4.90 Å². The number of aromatic nitrogens is 1. The Kier molecular flexibility index (Phi) is 3.27. The molecule has 1 aliphatic carbocycles. The monoisotopic (exact) mass is 218 g/mol. The van der Waals surface area contributed by atoms with E-state index in [9.17, 15) is 0 Å². The number of pyridine rings is 1. The smallest absolute Gasteiger partial charge is 0.154 e. The third-order valence-corrected chi connectivity index (χ3v) is 4.35. The van der Waals surface area contributed by atoms with Crippen molar-refractivity contribution >= 4 is 11.8 Å². The van der Waals surface area contributed by atoms with Gasteiger partial charge in [0.25, 0.3) is 0 Å². The zero-order valence-electron chi connectivity index (χ0n) is 8.86. The fourth-order valence-electron chi connectivity index (χ4n) is 1.95. The minimum atomic E-state index is 0.590. The van der Waals surface area contributed by atoms with Crippen LogP contribution in [-0.4, -0.2) is 10.2 Å². The summed E-state index contributed by atoms with van der Waals surface area (Å²) in [5.41, 5.74) is 1.77. The molecule has 0 radical (unpaired) electrons. The summed E-state index contributed by atoms with van der Waals surface area (Å²) >= 11 is 1.84. The van der Waals surface area contributed by atoms with E-state index in [0.29, 0.717) is 10.9 Å². The first kappa shape index (κ1) is 10.5. The highest BCUT2D eigenvalue weighted by molar-refractivity contribution is 8.00. The molecule has 1 aliphatic rings. The van der Waals surface area contributed by atoms with E-state index < -0.39 is 0 Å². The number of hydrogen-bond acceptors (Lipinski definition) is 3. The van der Waals surface area contributed by atoms with Gasteiger partial charge in [0.1, 0.15) is 6.07 Å². The van der Waals surface area contributed by atoms with Crippen LogP contribution in [0, 0.1) is 18.3 Å². The standard InChI is InChI=1S/C12H14N2S/c1-9-6-7-14-11(8-13)12(9)15-10-4-2-3-5-10/h6-7,10H,2-5H2,1H3. The Morgan fingerprint density at radius 1 is 1.47 bits per heavy atom. The normalized spacial score (nSPS) is 16.5. The first-order valence-corrected chi connectivity index (χ1v) is 6.21. The molecule has 78 valence electrons. The van der Waals surface area contributed by atoms with Crippen LogP contribution in [0.5, 0.6) is 0 Å². The molecule has 0 aromatic carbocycles. The Morgan fingerprint density at radius 2 is 2.20 bits per heavy atom. The van der Waals surface area contributed by atoms with E-state index in [4.69, 9.17) is 5.26 Å². The molecule has 0 amide bonds. The molecule has 0 N–H and O–H groups in total. The lowest BCUT2D eigenvalue weighted by Crippen LogP contribution is -1.98. The first-order valence-electron chi connectivity index (χ1n) is 5.33. The molecule has 15 heavy (non-hydrogen) atoms. The van der Waals surface area contributed by atoms with Crippen LogP contribution in [-0.2, 0) is 0 Å². The highest BCUT2D eigenvalue weighted by atomic mass is 32.2. The lowest BCUT2D eigenvalue weighted by atomic mass is 10.2. The van der Waals surface area contributed by atoms with Gasteiger partial charge in [-0.25, -0.2) is 4.98 Å². The fourth-order valence-corrected chi connectivity index (χ4v) is 3.31. The summed E-state index contributed by atoms with van der Waals surface area (Å²) < 4.78 is 0. The van der Waals surface area contributed by atoms with Crippen LogP contribution in [0.3, 0.4) is 0 Å². The molecule has 0 bridgehead atoms. The molecule has 1 aromatic rings.